The van der Waals surface area contributed by atoms with Gasteiger partial charge in [-0.25, -0.2) is 0 Å². The Morgan fingerprint density at radius 3 is 2.34 bits per heavy atom. The number of rotatable bonds is 3. The molecule has 1 fully saturated rings. The van der Waals surface area contributed by atoms with Crippen LogP contribution >= 0.6 is 0 Å². The molecule has 0 spiro atoms. The van der Waals surface area contributed by atoms with E-state index >= 15 is 0 Å². The van der Waals surface area contributed by atoms with Crippen molar-refractivity contribution in [1.82, 2.24) is 9.88 Å². The zero-order valence-corrected chi connectivity index (χ0v) is 15.2. The topological polar surface area (TPSA) is 50.3 Å². The molecule has 0 saturated heterocycles. The predicted molar refractivity (Wildman–Crippen MR) is 98.7 cm³/mol. The van der Waals surface area contributed by atoms with Crippen LogP contribution in [0.3, 0.4) is 0 Å². The summed E-state index contributed by atoms with van der Waals surface area (Å²) in [5.74, 6) is 4.84. The molecule has 2 amide bonds. The maximum atomic E-state index is 13.0. The summed E-state index contributed by atoms with van der Waals surface area (Å²) in [4.78, 5) is 31.1. The van der Waals surface area contributed by atoms with Gasteiger partial charge in [0.05, 0.1) is 23.4 Å². The molecular formula is C22H15F3N2O2. The zero-order chi connectivity index (χ0) is 20.6. The molecule has 0 radical (unpaired) electrons. The Hall–Kier alpha value is -3.40. The Balaban J connectivity index is 1.72. The van der Waals surface area contributed by atoms with Gasteiger partial charge in [-0.05, 0) is 42.7 Å². The van der Waals surface area contributed by atoms with Crippen molar-refractivity contribution in [2.75, 3.05) is 0 Å². The van der Waals surface area contributed by atoms with Crippen molar-refractivity contribution in [2.24, 2.45) is 5.92 Å². The van der Waals surface area contributed by atoms with Gasteiger partial charge >= 0.3 is 6.18 Å². The minimum Gasteiger partial charge on any atom is -0.269 e. The molecule has 29 heavy (non-hydrogen) atoms. The third-order valence-corrected chi connectivity index (χ3v) is 4.69. The van der Waals surface area contributed by atoms with Gasteiger partial charge in [0.25, 0.3) is 11.8 Å². The monoisotopic (exact) mass is 396 g/mol. The van der Waals surface area contributed by atoms with E-state index in [1.165, 1.54) is 12.1 Å². The lowest BCUT2D eigenvalue weighted by Gasteiger charge is -2.14. The van der Waals surface area contributed by atoms with Crippen molar-refractivity contribution in [3.63, 3.8) is 0 Å². The zero-order valence-electron chi connectivity index (χ0n) is 15.2. The van der Waals surface area contributed by atoms with Crippen LogP contribution in [0.1, 0.15) is 29.7 Å². The van der Waals surface area contributed by atoms with Gasteiger partial charge in [0, 0.05) is 12.1 Å². The molecule has 1 aliphatic heterocycles. The molecule has 2 aromatic rings. The van der Waals surface area contributed by atoms with Crippen LogP contribution in [0.2, 0.25) is 0 Å². The molecule has 7 heteroatoms. The Morgan fingerprint density at radius 1 is 1.03 bits per heavy atom. The standard InChI is InChI=1S/C22H15F3N2O2/c23-22(24,25)16-9-7-15(8-10-16)19-18(11-6-14-4-5-14)20(28)27(21(19)29)13-17-3-1-2-12-26-17/h1-3,7-10,12,14H,4-5,13H2. The molecule has 0 unspecified atom stereocenters. The van der Waals surface area contributed by atoms with Crippen LogP contribution in [0.4, 0.5) is 13.2 Å². The van der Waals surface area contributed by atoms with E-state index in [0.717, 1.165) is 29.9 Å². The Morgan fingerprint density at radius 2 is 1.76 bits per heavy atom. The fourth-order valence-corrected chi connectivity index (χ4v) is 2.98. The van der Waals surface area contributed by atoms with Gasteiger partial charge in [-0.3, -0.25) is 19.5 Å². The van der Waals surface area contributed by atoms with Crippen molar-refractivity contribution in [2.45, 2.75) is 25.6 Å². The molecule has 0 N–H and O–H groups in total. The molecule has 146 valence electrons. The second-order valence-corrected chi connectivity index (χ2v) is 6.89. The number of hydrogen-bond donors (Lipinski definition) is 0. The summed E-state index contributed by atoms with van der Waals surface area (Å²) in [7, 11) is 0. The number of amides is 2. The third-order valence-electron chi connectivity index (χ3n) is 4.69. The number of aromatic nitrogens is 1. The van der Waals surface area contributed by atoms with Crippen LogP contribution in [-0.4, -0.2) is 21.7 Å². The van der Waals surface area contributed by atoms with Gasteiger partial charge in [-0.2, -0.15) is 13.2 Å². The average molecular weight is 396 g/mol. The average Bonchev–Trinajstić information content (AvgIpc) is 3.49. The molecule has 1 aromatic carbocycles. The van der Waals surface area contributed by atoms with E-state index in [1.54, 1.807) is 24.4 Å². The minimum absolute atomic E-state index is 0.0255. The van der Waals surface area contributed by atoms with E-state index < -0.39 is 23.6 Å². The van der Waals surface area contributed by atoms with Crippen molar-refractivity contribution in [1.29, 1.82) is 0 Å². The van der Waals surface area contributed by atoms with Gasteiger partial charge in [-0.1, -0.05) is 30.0 Å². The predicted octanol–water partition coefficient (Wildman–Crippen LogP) is 3.84. The number of pyridine rings is 1. The molecule has 1 aliphatic carbocycles. The fraction of sp³-hybridized carbons (Fsp3) is 0.227. The van der Waals surface area contributed by atoms with E-state index in [-0.39, 0.29) is 29.2 Å². The van der Waals surface area contributed by atoms with Gasteiger partial charge in [0.15, 0.2) is 0 Å². The first-order chi connectivity index (χ1) is 13.8. The van der Waals surface area contributed by atoms with Crippen LogP contribution in [0.25, 0.3) is 5.57 Å². The molecule has 1 aromatic heterocycles. The van der Waals surface area contributed by atoms with E-state index in [4.69, 9.17) is 0 Å². The first-order valence-corrected chi connectivity index (χ1v) is 9.04. The van der Waals surface area contributed by atoms with E-state index in [1.807, 2.05) is 0 Å². The highest BCUT2D eigenvalue weighted by Gasteiger charge is 2.39. The summed E-state index contributed by atoms with van der Waals surface area (Å²) in [6, 6.07) is 9.34. The molecule has 2 aliphatic rings. The summed E-state index contributed by atoms with van der Waals surface area (Å²) in [6.07, 6.45) is -1.05. The second-order valence-electron chi connectivity index (χ2n) is 6.89. The molecule has 0 bridgehead atoms. The van der Waals surface area contributed by atoms with Crippen LogP contribution in [-0.2, 0) is 22.3 Å². The summed E-state index contributed by atoms with van der Waals surface area (Å²) in [5, 5.41) is 0. The van der Waals surface area contributed by atoms with Gasteiger partial charge in [0.1, 0.15) is 5.57 Å². The lowest BCUT2D eigenvalue weighted by atomic mass is 10.00. The first kappa shape index (κ1) is 18.9. The van der Waals surface area contributed by atoms with Gasteiger partial charge in [0.2, 0.25) is 0 Å². The number of carbonyl (C=O) groups excluding carboxylic acids is 2. The molecule has 0 atom stereocenters. The first-order valence-electron chi connectivity index (χ1n) is 9.04. The van der Waals surface area contributed by atoms with Crippen LogP contribution in [0.15, 0.2) is 54.2 Å². The lowest BCUT2D eigenvalue weighted by Crippen LogP contribution is -2.31. The Labute approximate surface area is 165 Å². The Kier molecular flexibility index (Phi) is 4.71. The Bertz CT molecular complexity index is 1060. The molecule has 2 heterocycles. The number of imide groups is 1. The SMILES string of the molecule is O=C1C(C#CC2CC2)=C(c2ccc(C(F)(F)F)cc2)C(=O)N1Cc1ccccn1. The molecule has 4 rings (SSSR count). The maximum absolute atomic E-state index is 13.0. The summed E-state index contributed by atoms with van der Waals surface area (Å²) in [6.45, 7) is -0.0305. The second kappa shape index (κ2) is 7.21. The van der Waals surface area contributed by atoms with Gasteiger partial charge in [-0.15, -0.1) is 0 Å². The van der Waals surface area contributed by atoms with Crippen molar-refractivity contribution >= 4 is 17.4 Å². The summed E-state index contributed by atoms with van der Waals surface area (Å²) < 4.78 is 38.6. The summed E-state index contributed by atoms with van der Waals surface area (Å²) >= 11 is 0. The number of carbonyl (C=O) groups is 2. The number of halogens is 3. The van der Waals surface area contributed by atoms with Crippen LogP contribution in [0.5, 0.6) is 0 Å². The molecular weight excluding hydrogens is 381 g/mol. The largest absolute Gasteiger partial charge is 0.416 e. The van der Waals surface area contributed by atoms with Crippen molar-refractivity contribution in [3.8, 4) is 11.8 Å². The van der Waals surface area contributed by atoms with Crippen LogP contribution in [0, 0.1) is 17.8 Å². The van der Waals surface area contributed by atoms with E-state index in [0.29, 0.717) is 5.69 Å². The van der Waals surface area contributed by atoms with E-state index in [2.05, 4.69) is 16.8 Å². The number of hydrogen-bond acceptors (Lipinski definition) is 3. The fourth-order valence-electron chi connectivity index (χ4n) is 2.98. The minimum atomic E-state index is -4.48. The van der Waals surface area contributed by atoms with Crippen molar-refractivity contribution in [3.05, 3.63) is 71.1 Å². The highest BCUT2D eigenvalue weighted by atomic mass is 19.4. The van der Waals surface area contributed by atoms with Crippen molar-refractivity contribution < 1.29 is 22.8 Å². The van der Waals surface area contributed by atoms with E-state index in [9.17, 15) is 22.8 Å². The maximum Gasteiger partial charge on any atom is 0.416 e. The third kappa shape index (κ3) is 3.92. The number of benzene rings is 1. The summed E-state index contributed by atoms with van der Waals surface area (Å²) in [5.41, 5.74) is -0.00249. The highest BCUT2D eigenvalue weighted by molar-refractivity contribution is 6.37. The number of alkyl halides is 3. The smallest absolute Gasteiger partial charge is 0.269 e. The molecule has 1 saturated carbocycles. The number of nitrogens with zero attached hydrogens (tertiary/aromatic N) is 2. The quantitative estimate of drug-likeness (QED) is 0.585. The lowest BCUT2D eigenvalue weighted by molar-refractivity contribution is -0.138. The molecule has 4 nitrogen and oxygen atoms in total. The highest BCUT2D eigenvalue weighted by Crippen LogP contribution is 2.34. The van der Waals surface area contributed by atoms with Crippen LogP contribution < -0.4 is 0 Å². The van der Waals surface area contributed by atoms with Gasteiger partial charge < -0.3 is 0 Å². The normalized spacial score (nSPS) is 16.9.